The normalized spacial score (nSPS) is 21.6. The number of sulfone groups is 1. The van der Waals surface area contributed by atoms with Crippen molar-refractivity contribution in [2.75, 3.05) is 19.3 Å². The van der Waals surface area contributed by atoms with Gasteiger partial charge in [0.15, 0.2) is 5.76 Å². The van der Waals surface area contributed by atoms with Crippen LogP contribution in [0, 0.1) is 0 Å². The molecule has 1 aliphatic heterocycles. The average molecular weight is 334 g/mol. The van der Waals surface area contributed by atoms with Crippen molar-refractivity contribution in [3.05, 3.63) is 53.8 Å². The number of amides is 1. The smallest absolute Gasteiger partial charge is 0.289 e. The third-order valence-corrected chi connectivity index (χ3v) is 4.99. The van der Waals surface area contributed by atoms with E-state index in [2.05, 4.69) is 0 Å². The number of hydrogen-bond donors (Lipinski definition) is 1. The van der Waals surface area contributed by atoms with Crippen LogP contribution in [0.5, 0.6) is 0 Å². The van der Waals surface area contributed by atoms with Gasteiger partial charge in [-0.1, -0.05) is 30.3 Å². The molecule has 1 fully saturated rings. The summed E-state index contributed by atoms with van der Waals surface area (Å²) in [7, 11) is -3.47. The zero-order valence-corrected chi connectivity index (χ0v) is 13.5. The van der Waals surface area contributed by atoms with Crippen molar-refractivity contribution in [1.29, 1.82) is 0 Å². The molecule has 2 atom stereocenters. The van der Waals surface area contributed by atoms with E-state index in [1.807, 2.05) is 30.3 Å². The van der Waals surface area contributed by atoms with Crippen molar-refractivity contribution in [3.63, 3.8) is 0 Å². The summed E-state index contributed by atoms with van der Waals surface area (Å²) in [5, 5.41) is -0.205. The van der Waals surface area contributed by atoms with Crippen molar-refractivity contribution in [2.45, 2.75) is 17.1 Å². The fraction of sp³-hybridized carbons (Fsp3) is 0.312. The van der Waals surface area contributed by atoms with Crippen molar-refractivity contribution in [2.24, 2.45) is 5.73 Å². The Bertz CT molecular complexity index is 814. The van der Waals surface area contributed by atoms with Crippen LogP contribution in [0.15, 0.2) is 52.0 Å². The van der Waals surface area contributed by atoms with Crippen LogP contribution in [-0.4, -0.2) is 44.6 Å². The number of carbonyl (C=O) groups excluding carboxylic acids is 1. The van der Waals surface area contributed by atoms with E-state index in [4.69, 9.17) is 10.2 Å². The number of hydrogen-bond acceptors (Lipinski definition) is 5. The van der Waals surface area contributed by atoms with Crippen molar-refractivity contribution in [3.8, 4) is 0 Å². The van der Waals surface area contributed by atoms with Gasteiger partial charge in [-0.3, -0.25) is 4.79 Å². The Morgan fingerprint density at radius 2 is 1.87 bits per heavy atom. The molecule has 1 amide bonds. The number of likely N-dealkylation sites (tertiary alicyclic amines) is 1. The van der Waals surface area contributed by atoms with Gasteiger partial charge in [-0.15, -0.1) is 0 Å². The van der Waals surface area contributed by atoms with Crippen LogP contribution >= 0.6 is 0 Å². The van der Waals surface area contributed by atoms with Crippen LogP contribution in [0.4, 0.5) is 0 Å². The maximum atomic E-state index is 12.5. The van der Waals surface area contributed by atoms with E-state index >= 15 is 0 Å². The maximum Gasteiger partial charge on any atom is 0.289 e. The SMILES string of the molecule is CS(=O)(=O)c1ccc(C(=O)N2C[C@@H](N)[C@H](c3ccccc3)C2)o1. The minimum absolute atomic E-state index is 0.0198. The predicted molar refractivity (Wildman–Crippen MR) is 84.9 cm³/mol. The molecule has 1 saturated heterocycles. The number of nitrogens with zero attached hydrogens (tertiary/aromatic N) is 1. The lowest BCUT2D eigenvalue weighted by atomic mass is 9.95. The molecule has 0 spiro atoms. The van der Waals surface area contributed by atoms with E-state index in [1.165, 1.54) is 12.1 Å². The summed E-state index contributed by atoms with van der Waals surface area (Å²) in [6.07, 6.45) is 1.04. The van der Waals surface area contributed by atoms with Gasteiger partial charge in [-0.05, 0) is 17.7 Å². The third-order valence-electron chi connectivity index (χ3n) is 4.04. The van der Waals surface area contributed by atoms with Gasteiger partial charge < -0.3 is 15.1 Å². The molecule has 0 unspecified atom stereocenters. The molecule has 1 aliphatic rings. The Kier molecular flexibility index (Phi) is 3.99. The lowest BCUT2D eigenvalue weighted by molar-refractivity contribution is 0.0752. The van der Waals surface area contributed by atoms with E-state index < -0.39 is 9.84 Å². The number of nitrogens with two attached hydrogens (primary N) is 1. The molecule has 7 heteroatoms. The van der Waals surface area contributed by atoms with Gasteiger partial charge in [0.1, 0.15) is 0 Å². The van der Waals surface area contributed by atoms with Gasteiger partial charge in [-0.25, -0.2) is 8.42 Å². The van der Waals surface area contributed by atoms with E-state index in [1.54, 1.807) is 4.90 Å². The Morgan fingerprint density at radius 1 is 1.17 bits per heavy atom. The predicted octanol–water partition coefficient (Wildman–Crippen LogP) is 1.25. The highest BCUT2D eigenvalue weighted by Gasteiger charge is 2.35. The lowest BCUT2D eigenvalue weighted by Crippen LogP contribution is -2.32. The van der Waals surface area contributed by atoms with Gasteiger partial charge in [0.2, 0.25) is 14.9 Å². The molecule has 1 aromatic carbocycles. The first kappa shape index (κ1) is 15.8. The highest BCUT2D eigenvalue weighted by atomic mass is 32.2. The molecule has 3 rings (SSSR count). The molecule has 1 aromatic heterocycles. The summed E-state index contributed by atoms with van der Waals surface area (Å²) in [5.41, 5.74) is 7.26. The lowest BCUT2D eigenvalue weighted by Gasteiger charge is -2.15. The third kappa shape index (κ3) is 3.16. The fourth-order valence-electron chi connectivity index (χ4n) is 2.84. The molecule has 0 bridgehead atoms. The van der Waals surface area contributed by atoms with E-state index in [9.17, 15) is 13.2 Å². The molecule has 0 aliphatic carbocycles. The molecule has 0 radical (unpaired) electrons. The highest BCUT2D eigenvalue weighted by Crippen LogP contribution is 2.28. The quantitative estimate of drug-likeness (QED) is 0.912. The monoisotopic (exact) mass is 334 g/mol. The molecule has 23 heavy (non-hydrogen) atoms. The molecular weight excluding hydrogens is 316 g/mol. The Hall–Kier alpha value is -2.12. The zero-order valence-electron chi connectivity index (χ0n) is 12.7. The van der Waals surface area contributed by atoms with Crippen molar-refractivity contribution >= 4 is 15.7 Å². The first-order valence-corrected chi connectivity index (χ1v) is 9.15. The van der Waals surface area contributed by atoms with Crippen LogP contribution in [0.3, 0.4) is 0 Å². The minimum atomic E-state index is -3.47. The highest BCUT2D eigenvalue weighted by molar-refractivity contribution is 7.90. The number of furan rings is 1. The van der Waals surface area contributed by atoms with Gasteiger partial charge in [-0.2, -0.15) is 0 Å². The summed E-state index contributed by atoms with van der Waals surface area (Å²) in [6, 6.07) is 12.3. The average Bonchev–Trinajstić information content (AvgIpc) is 3.14. The second-order valence-electron chi connectivity index (χ2n) is 5.78. The topological polar surface area (TPSA) is 93.6 Å². The van der Waals surface area contributed by atoms with Crippen LogP contribution < -0.4 is 5.73 Å². The molecule has 2 aromatic rings. The Morgan fingerprint density at radius 3 is 2.48 bits per heavy atom. The largest absolute Gasteiger partial charge is 0.440 e. The summed E-state index contributed by atoms with van der Waals surface area (Å²) < 4.78 is 28.1. The summed E-state index contributed by atoms with van der Waals surface area (Å²) in [4.78, 5) is 14.1. The zero-order chi connectivity index (χ0) is 16.6. The van der Waals surface area contributed by atoms with Crippen LogP contribution in [-0.2, 0) is 9.84 Å². The molecule has 2 heterocycles. The van der Waals surface area contributed by atoms with Gasteiger partial charge in [0.05, 0.1) is 0 Å². The minimum Gasteiger partial charge on any atom is -0.440 e. The number of carbonyl (C=O) groups is 1. The van der Waals surface area contributed by atoms with E-state index in [-0.39, 0.29) is 28.7 Å². The van der Waals surface area contributed by atoms with E-state index in [0.717, 1.165) is 11.8 Å². The van der Waals surface area contributed by atoms with Crippen molar-refractivity contribution < 1.29 is 17.6 Å². The number of rotatable bonds is 3. The Labute approximate surface area is 134 Å². The van der Waals surface area contributed by atoms with Gasteiger partial charge in [0.25, 0.3) is 5.91 Å². The molecule has 122 valence electrons. The molecule has 2 N–H and O–H groups in total. The van der Waals surface area contributed by atoms with Crippen LogP contribution in [0.1, 0.15) is 22.0 Å². The maximum absolute atomic E-state index is 12.5. The number of benzene rings is 1. The molecular formula is C16H18N2O4S. The van der Waals surface area contributed by atoms with Crippen molar-refractivity contribution in [1.82, 2.24) is 4.90 Å². The van der Waals surface area contributed by atoms with Gasteiger partial charge in [0, 0.05) is 31.3 Å². The first-order chi connectivity index (χ1) is 10.9. The summed E-state index contributed by atoms with van der Waals surface area (Å²) in [6.45, 7) is 0.895. The second kappa shape index (κ2) is 5.82. The first-order valence-electron chi connectivity index (χ1n) is 7.26. The second-order valence-corrected chi connectivity index (χ2v) is 7.73. The van der Waals surface area contributed by atoms with Gasteiger partial charge >= 0.3 is 0 Å². The Balaban J connectivity index is 1.78. The van der Waals surface area contributed by atoms with E-state index in [0.29, 0.717) is 13.1 Å². The standard InChI is InChI=1S/C16H18N2O4S/c1-23(20,21)15-8-7-14(22-15)16(19)18-9-12(13(17)10-18)11-5-3-2-4-6-11/h2-8,12-13H,9-10,17H2,1H3/t12-,13+/m0/s1. The summed E-state index contributed by atoms with van der Waals surface area (Å²) in [5.74, 6) is -0.260. The van der Waals surface area contributed by atoms with Crippen LogP contribution in [0.2, 0.25) is 0 Å². The molecule has 6 nitrogen and oxygen atoms in total. The summed E-state index contributed by atoms with van der Waals surface area (Å²) >= 11 is 0. The molecule has 0 saturated carbocycles. The fourth-order valence-corrected chi connectivity index (χ4v) is 3.39. The van der Waals surface area contributed by atoms with Crippen LogP contribution in [0.25, 0.3) is 0 Å².